The Kier molecular flexibility index (Phi) is 4.67. The molecule has 1 amide bonds. The highest BCUT2D eigenvalue weighted by Crippen LogP contribution is 2.20. The number of carbonyl (C=O) groups is 1. The fourth-order valence-electron chi connectivity index (χ4n) is 3.36. The maximum Gasteiger partial charge on any atom is 0.238 e. The predicted molar refractivity (Wildman–Crippen MR) is 84.0 cm³/mol. The Morgan fingerprint density at radius 1 is 1.22 bits per heavy atom. The molecule has 0 bridgehead atoms. The average Bonchev–Trinajstić information content (AvgIpc) is 3.07. The van der Waals surface area contributed by atoms with Gasteiger partial charge in [-0.15, -0.1) is 10.2 Å². The van der Waals surface area contributed by atoms with Crippen molar-refractivity contribution in [1.82, 2.24) is 24.4 Å². The highest BCUT2D eigenvalue weighted by atomic mass is 32.2. The Labute approximate surface area is 136 Å². The summed E-state index contributed by atoms with van der Waals surface area (Å²) in [6.45, 7) is 1.59. The molecule has 1 atom stereocenters. The molecule has 2 aliphatic heterocycles. The van der Waals surface area contributed by atoms with E-state index in [4.69, 9.17) is 0 Å². The van der Waals surface area contributed by atoms with Crippen molar-refractivity contribution in [1.29, 1.82) is 0 Å². The summed E-state index contributed by atoms with van der Waals surface area (Å²) in [4.78, 5) is 12.4. The van der Waals surface area contributed by atoms with Crippen LogP contribution in [0.1, 0.15) is 43.8 Å². The third-order valence-electron chi connectivity index (χ3n) is 4.54. The van der Waals surface area contributed by atoms with Crippen molar-refractivity contribution in [2.24, 2.45) is 0 Å². The largest absolute Gasteiger partial charge is 0.347 e. The van der Waals surface area contributed by atoms with Gasteiger partial charge in [0.25, 0.3) is 0 Å². The molecule has 3 heterocycles. The Bertz CT molecular complexity index is 685. The summed E-state index contributed by atoms with van der Waals surface area (Å²) in [5, 5.41) is 11.2. The molecule has 128 valence electrons. The maximum absolute atomic E-state index is 12.4. The Hall–Kier alpha value is -1.48. The number of amides is 1. The number of nitrogens with zero attached hydrogens (tertiary/aromatic N) is 4. The van der Waals surface area contributed by atoms with E-state index in [2.05, 4.69) is 20.1 Å². The maximum atomic E-state index is 12.4. The fraction of sp³-hybridized carbons (Fsp3) is 0.786. The van der Waals surface area contributed by atoms with Crippen molar-refractivity contribution in [3.8, 4) is 0 Å². The van der Waals surface area contributed by atoms with Crippen LogP contribution < -0.4 is 5.32 Å². The molecule has 1 saturated heterocycles. The third kappa shape index (κ3) is 3.55. The molecule has 1 aromatic heterocycles. The zero-order valence-electron chi connectivity index (χ0n) is 13.4. The monoisotopic (exact) mass is 341 g/mol. The van der Waals surface area contributed by atoms with Crippen molar-refractivity contribution in [3.05, 3.63) is 11.6 Å². The SMILES string of the molecule is CS(=O)(=O)N1CCC[C@@H]1C(=O)NCc1nnc2n1CCCCC2. The van der Waals surface area contributed by atoms with Gasteiger partial charge in [-0.2, -0.15) is 4.31 Å². The van der Waals surface area contributed by atoms with E-state index in [-0.39, 0.29) is 5.91 Å². The Morgan fingerprint density at radius 2 is 2.04 bits per heavy atom. The summed E-state index contributed by atoms with van der Waals surface area (Å²) in [6.07, 6.45) is 6.75. The van der Waals surface area contributed by atoms with Gasteiger partial charge >= 0.3 is 0 Å². The molecule has 0 aromatic carbocycles. The first-order chi connectivity index (χ1) is 11.0. The second-order valence-corrected chi connectivity index (χ2v) is 8.18. The number of sulfonamides is 1. The molecule has 1 fully saturated rings. The average molecular weight is 341 g/mol. The number of nitrogens with one attached hydrogen (secondary N) is 1. The van der Waals surface area contributed by atoms with Crippen molar-refractivity contribution in [2.75, 3.05) is 12.8 Å². The molecule has 0 radical (unpaired) electrons. The fourth-order valence-corrected chi connectivity index (χ4v) is 4.48. The molecule has 0 saturated carbocycles. The summed E-state index contributed by atoms with van der Waals surface area (Å²) in [7, 11) is -3.35. The van der Waals surface area contributed by atoms with Crippen LogP contribution in [0.2, 0.25) is 0 Å². The van der Waals surface area contributed by atoms with Gasteiger partial charge in [0, 0.05) is 19.5 Å². The van der Waals surface area contributed by atoms with Crippen molar-refractivity contribution < 1.29 is 13.2 Å². The first-order valence-electron chi connectivity index (χ1n) is 8.12. The number of hydrogen-bond donors (Lipinski definition) is 1. The van der Waals surface area contributed by atoms with Crippen LogP contribution in [-0.2, 0) is 34.3 Å². The summed E-state index contributed by atoms with van der Waals surface area (Å²) in [6, 6.07) is -0.600. The first-order valence-corrected chi connectivity index (χ1v) is 9.97. The van der Waals surface area contributed by atoms with Crippen LogP contribution in [-0.4, -0.2) is 52.2 Å². The summed E-state index contributed by atoms with van der Waals surface area (Å²) < 4.78 is 26.8. The van der Waals surface area contributed by atoms with E-state index in [0.717, 1.165) is 43.7 Å². The van der Waals surface area contributed by atoms with E-state index in [1.165, 1.54) is 10.7 Å². The molecule has 0 aliphatic carbocycles. The Morgan fingerprint density at radius 3 is 2.83 bits per heavy atom. The van der Waals surface area contributed by atoms with Gasteiger partial charge < -0.3 is 9.88 Å². The molecule has 23 heavy (non-hydrogen) atoms. The predicted octanol–water partition coefficient (Wildman–Crippen LogP) is 0.0447. The van der Waals surface area contributed by atoms with E-state index in [1.807, 2.05) is 0 Å². The van der Waals surface area contributed by atoms with Gasteiger partial charge in [-0.1, -0.05) is 6.42 Å². The number of carbonyl (C=O) groups excluding carboxylic acids is 1. The molecule has 9 heteroatoms. The van der Waals surface area contributed by atoms with Crippen molar-refractivity contribution in [2.45, 2.75) is 57.7 Å². The number of rotatable bonds is 4. The second-order valence-electron chi connectivity index (χ2n) is 6.24. The minimum atomic E-state index is -3.35. The van der Waals surface area contributed by atoms with E-state index in [9.17, 15) is 13.2 Å². The second kappa shape index (κ2) is 6.56. The smallest absolute Gasteiger partial charge is 0.238 e. The van der Waals surface area contributed by atoms with Gasteiger partial charge in [-0.3, -0.25) is 4.79 Å². The lowest BCUT2D eigenvalue weighted by Gasteiger charge is -2.21. The van der Waals surface area contributed by atoms with Crippen molar-refractivity contribution in [3.63, 3.8) is 0 Å². The number of fused-ring (bicyclic) bond motifs is 1. The zero-order chi connectivity index (χ0) is 16.4. The van der Waals surface area contributed by atoms with Crippen LogP contribution in [0.15, 0.2) is 0 Å². The van der Waals surface area contributed by atoms with E-state index < -0.39 is 16.1 Å². The van der Waals surface area contributed by atoms with Crippen LogP contribution in [0.25, 0.3) is 0 Å². The van der Waals surface area contributed by atoms with Crippen molar-refractivity contribution >= 4 is 15.9 Å². The quantitative estimate of drug-likeness (QED) is 0.834. The molecule has 1 N–H and O–H groups in total. The van der Waals surface area contributed by atoms with E-state index in [0.29, 0.717) is 25.9 Å². The van der Waals surface area contributed by atoms with Gasteiger partial charge in [0.05, 0.1) is 12.8 Å². The highest BCUT2D eigenvalue weighted by Gasteiger charge is 2.36. The molecule has 1 aromatic rings. The lowest BCUT2D eigenvalue weighted by Crippen LogP contribution is -2.45. The van der Waals surface area contributed by atoms with Crippen LogP contribution in [0.5, 0.6) is 0 Å². The third-order valence-corrected chi connectivity index (χ3v) is 5.83. The molecular formula is C14H23N5O3S. The molecule has 0 spiro atoms. The zero-order valence-corrected chi connectivity index (χ0v) is 14.2. The number of aryl methyl sites for hydroxylation is 1. The van der Waals surface area contributed by atoms with Gasteiger partial charge in [-0.25, -0.2) is 8.42 Å². The summed E-state index contributed by atoms with van der Waals surface area (Å²) in [5.74, 6) is 1.48. The van der Waals surface area contributed by atoms with Gasteiger partial charge in [0.1, 0.15) is 11.9 Å². The van der Waals surface area contributed by atoms with Gasteiger partial charge in [-0.05, 0) is 25.7 Å². The van der Waals surface area contributed by atoms with Gasteiger partial charge in [0.15, 0.2) is 5.82 Å². The van der Waals surface area contributed by atoms with Gasteiger partial charge in [0.2, 0.25) is 15.9 Å². The lowest BCUT2D eigenvalue weighted by atomic mass is 10.2. The topological polar surface area (TPSA) is 97.2 Å². The number of hydrogen-bond acceptors (Lipinski definition) is 5. The molecule has 2 aliphatic rings. The van der Waals surface area contributed by atoms with Crippen LogP contribution in [0.3, 0.4) is 0 Å². The standard InChI is InChI=1S/C14H23N5O3S/c1-23(21,22)19-9-5-6-11(19)14(20)15-10-13-17-16-12-7-3-2-4-8-18(12)13/h11H,2-10H2,1H3,(H,15,20)/t11-/m1/s1. The first kappa shape index (κ1) is 16.4. The summed E-state index contributed by atoms with van der Waals surface area (Å²) >= 11 is 0. The van der Waals surface area contributed by atoms with E-state index >= 15 is 0 Å². The molecule has 0 unspecified atom stereocenters. The summed E-state index contributed by atoms with van der Waals surface area (Å²) in [5.41, 5.74) is 0. The van der Waals surface area contributed by atoms with E-state index in [1.54, 1.807) is 0 Å². The van der Waals surface area contributed by atoms with Crippen LogP contribution in [0.4, 0.5) is 0 Å². The van der Waals surface area contributed by atoms with Crippen LogP contribution in [0, 0.1) is 0 Å². The molecule has 3 rings (SSSR count). The van der Waals surface area contributed by atoms with Crippen LogP contribution >= 0.6 is 0 Å². The normalized spacial score (nSPS) is 22.6. The Balaban J connectivity index is 1.64. The highest BCUT2D eigenvalue weighted by molar-refractivity contribution is 7.88. The number of aromatic nitrogens is 3. The minimum Gasteiger partial charge on any atom is -0.347 e. The minimum absolute atomic E-state index is 0.251. The molecular weight excluding hydrogens is 318 g/mol. The lowest BCUT2D eigenvalue weighted by molar-refractivity contribution is -0.124. The molecule has 8 nitrogen and oxygen atoms in total.